The molecule has 2 aromatic heterocycles. The maximum Gasteiger partial charge on any atom is 0.243 e. The topological polar surface area (TPSA) is 102 Å². The van der Waals surface area contributed by atoms with E-state index in [-0.39, 0.29) is 24.4 Å². The molecule has 4 rings (SSSR count). The number of nitrogens with one attached hydrogen (secondary N) is 2. The van der Waals surface area contributed by atoms with Crippen molar-refractivity contribution in [3.05, 3.63) is 53.9 Å². The van der Waals surface area contributed by atoms with Gasteiger partial charge in [0.2, 0.25) is 11.8 Å². The monoisotopic (exact) mass is 506 g/mol. The zero-order valence-corrected chi connectivity index (χ0v) is 22.1. The second kappa shape index (κ2) is 11.7. The first kappa shape index (κ1) is 25.9. The third kappa shape index (κ3) is 5.95. The van der Waals surface area contributed by atoms with Crippen LogP contribution in [0.3, 0.4) is 0 Å². The minimum absolute atomic E-state index is 0.0925. The first-order valence-corrected chi connectivity index (χ1v) is 13.4. The van der Waals surface area contributed by atoms with Gasteiger partial charge in [0.15, 0.2) is 11.0 Å². The van der Waals surface area contributed by atoms with Gasteiger partial charge in [-0.05, 0) is 62.8 Å². The number of carbonyl (C=O) groups is 2. The highest BCUT2D eigenvalue weighted by atomic mass is 32.2. The highest BCUT2D eigenvalue weighted by molar-refractivity contribution is 8.00. The molecule has 3 atom stereocenters. The minimum atomic E-state index is -0.443. The van der Waals surface area contributed by atoms with Gasteiger partial charge < -0.3 is 10.6 Å². The van der Waals surface area contributed by atoms with E-state index in [0.29, 0.717) is 5.92 Å². The number of rotatable bonds is 8. The number of hydrogen-bond donors (Lipinski definition) is 2. The summed E-state index contributed by atoms with van der Waals surface area (Å²) in [6.07, 6.45) is 8.15. The molecule has 9 heteroatoms. The fourth-order valence-electron chi connectivity index (χ4n) is 4.75. The molecule has 1 saturated carbocycles. The predicted molar refractivity (Wildman–Crippen MR) is 143 cm³/mol. The first-order valence-electron chi connectivity index (χ1n) is 12.5. The molecule has 0 unspecified atom stereocenters. The largest absolute Gasteiger partial charge is 0.346 e. The summed E-state index contributed by atoms with van der Waals surface area (Å²) in [7, 11) is 0. The number of amides is 2. The van der Waals surface area contributed by atoms with Crippen LogP contribution in [0.4, 0.5) is 5.69 Å². The molecule has 0 saturated heterocycles. The normalized spacial score (nSPS) is 18.4. The van der Waals surface area contributed by atoms with Crippen LogP contribution >= 0.6 is 11.8 Å². The Balaban J connectivity index is 1.45. The smallest absolute Gasteiger partial charge is 0.243 e. The molecule has 2 N–H and O–H groups in total. The van der Waals surface area contributed by atoms with Gasteiger partial charge in [-0.15, -0.1) is 10.2 Å². The molecule has 1 aliphatic rings. The predicted octanol–water partition coefficient (Wildman–Crippen LogP) is 4.94. The van der Waals surface area contributed by atoms with Crippen LogP contribution in [0.5, 0.6) is 0 Å². The number of benzene rings is 1. The average molecular weight is 507 g/mol. The van der Waals surface area contributed by atoms with Crippen LogP contribution in [-0.2, 0) is 9.59 Å². The van der Waals surface area contributed by atoms with Gasteiger partial charge in [-0.1, -0.05) is 49.7 Å². The van der Waals surface area contributed by atoms with Gasteiger partial charge in [0.1, 0.15) is 0 Å². The summed E-state index contributed by atoms with van der Waals surface area (Å²) < 4.78 is 2.20. The van der Waals surface area contributed by atoms with Crippen molar-refractivity contribution in [3.63, 3.8) is 0 Å². The van der Waals surface area contributed by atoms with Gasteiger partial charge in [0, 0.05) is 29.7 Å². The molecule has 36 heavy (non-hydrogen) atoms. The molecule has 1 aliphatic carbocycles. The Kier molecular flexibility index (Phi) is 8.40. The Bertz CT molecular complexity index is 1190. The maximum atomic E-state index is 12.9. The minimum Gasteiger partial charge on any atom is -0.346 e. The third-order valence-corrected chi connectivity index (χ3v) is 7.86. The summed E-state index contributed by atoms with van der Waals surface area (Å²) >= 11 is 1.38. The van der Waals surface area contributed by atoms with Crippen molar-refractivity contribution < 1.29 is 9.59 Å². The van der Waals surface area contributed by atoms with E-state index in [1.54, 1.807) is 12.4 Å². The van der Waals surface area contributed by atoms with Crippen molar-refractivity contribution >= 4 is 29.3 Å². The lowest BCUT2D eigenvalue weighted by molar-refractivity contribution is -0.123. The van der Waals surface area contributed by atoms with E-state index in [1.807, 2.05) is 51.1 Å². The number of anilines is 1. The number of pyridine rings is 1. The molecule has 0 aliphatic heterocycles. The van der Waals surface area contributed by atoms with Crippen LogP contribution in [-0.4, -0.2) is 43.4 Å². The number of hydrogen-bond acceptors (Lipinski definition) is 6. The maximum absolute atomic E-state index is 12.9. The standard InChI is InChI=1S/C27H34N6O2S/c1-17-9-5-6-13-22(17)33-25(21-12-8-14-28-15-21)31-32-27(33)36-20(4)26(35)29-16-23(34)30-24-18(2)10-7-11-19(24)3/h7-8,10-12,14-15,17,20,22H,5-6,9,13,16H2,1-4H3,(H,29,35)(H,30,34)/t17-,20+,22-/m1/s1. The summed E-state index contributed by atoms with van der Waals surface area (Å²) in [6, 6.07) is 10.00. The number of para-hydroxylation sites is 1. The van der Waals surface area contributed by atoms with Crippen molar-refractivity contribution in [3.8, 4) is 11.4 Å². The SMILES string of the molecule is Cc1cccc(C)c1NC(=O)CNC(=O)[C@H](C)Sc1nnc(-c2cccnc2)n1[C@@H]1CCCC[C@H]1C. The van der Waals surface area contributed by atoms with E-state index in [0.717, 1.165) is 52.6 Å². The van der Waals surface area contributed by atoms with Crippen LogP contribution in [0.2, 0.25) is 0 Å². The summed E-state index contributed by atoms with van der Waals surface area (Å²) in [5, 5.41) is 14.9. The summed E-state index contributed by atoms with van der Waals surface area (Å²) in [6.45, 7) is 7.91. The van der Waals surface area contributed by atoms with Gasteiger partial charge in [-0.3, -0.25) is 19.1 Å². The molecule has 190 valence electrons. The molecule has 1 aromatic carbocycles. The van der Waals surface area contributed by atoms with E-state index in [4.69, 9.17) is 0 Å². The number of thioether (sulfide) groups is 1. The zero-order valence-electron chi connectivity index (χ0n) is 21.3. The molecule has 1 fully saturated rings. The Labute approximate surface area is 216 Å². The molecule has 3 aromatic rings. The van der Waals surface area contributed by atoms with Crippen LogP contribution in [0.15, 0.2) is 47.9 Å². The van der Waals surface area contributed by atoms with Crippen LogP contribution < -0.4 is 10.6 Å². The van der Waals surface area contributed by atoms with Crippen molar-refractivity contribution in [2.45, 2.75) is 69.8 Å². The molecule has 0 bridgehead atoms. The van der Waals surface area contributed by atoms with Gasteiger partial charge in [-0.25, -0.2) is 0 Å². The molecule has 2 heterocycles. The average Bonchev–Trinajstić information content (AvgIpc) is 3.28. The molecular formula is C27H34N6O2S. The molecule has 0 spiro atoms. The van der Waals surface area contributed by atoms with Crippen LogP contribution in [0.25, 0.3) is 11.4 Å². The van der Waals surface area contributed by atoms with Crippen molar-refractivity contribution in [1.29, 1.82) is 0 Å². The Hall–Kier alpha value is -3.20. The van der Waals surface area contributed by atoms with Gasteiger partial charge in [0.05, 0.1) is 11.8 Å². The lowest BCUT2D eigenvalue weighted by Crippen LogP contribution is -2.37. The van der Waals surface area contributed by atoms with Crippen LogP contribution in [0, 0.1) is 19.8 Å². The van der Waals surface area contributed by atoms with Crippen LogP contribution in [0.1, 0.15) is 56.7 Å². The van der Waals surface area contributed by atoms with E-state index >= 15 is 0 Å². The third-order valence-electron chi connectivity index (χ3n) is 6.80. The summed E-state index contributed by atoms with van der Waals surface area (Å²) in [5.41, 5.74) is 3.67. The number of carbonyl (C=O) groups excluding carboxylic acids is 2. The summed E-state index contributed by atoms with van der Waals surface area (Å²) in [4.78, 5) is 29.6. The molecule has 2 amide bonds. The first-order chi connectivity index (χ1) is 17.3. The quantitative estimate of drug-likeness (QED) is 0.420. The van der Waals surface area contributed by atoms with Gasteiger partial charge >= 0.3 is 0 Å². The van der Waals surface area contributed by atoms with Gasteiger partial charge in [-0.2, -0.15) is 0 Å². The number of aromatic nitrogens is 4. The van der Waals surface area contributed by atoms with E-state index in [1.165, 1.54) is 18.2 Å². The van der Waals surface area contributed by atoms with E-state index < -0.39 is 5.25 Å². The molecule has 8 nitrogen and oxygen atoms in total. The lowest BCUT2D eigenvalue weighted by atomic mass is 9.85. The second-order valence-corrected chi connectivity index (χ2v) is 10.8. The number of nitrogens with zero attached hydrogens (tertiary/aromatic N) is 4. The molecule has 0 radical (unpaired) electrons. The fraction of sp³-hybridized carbons (Fsp3) is 0.444. The highest BCUT2D eigenvalue weighted by Crippen LogP contribution is 2.39. The number of aryl methyl sites for hydroxylation is 2. The zero-order chi connectivity index (χ0) is 25.7. The second-order valence-electron chi connectivity index (χ2n) is 9.54. The van der Waals surface area contributed by atoms with E-state index in [9.17, 15) is 9.59 Å². The van der Waals surface area contributed by atoms with Crippen molar-refractivity contribution in [1.82, 2.24) is 25.1 Å². The Morgan fingerprint density at radius 3 is 2.56 bits per heavy atom. The Morgan fingerprint density at radius 2 is 1.86 bits per heavy atom. The van der Waals surface area contributed by atoms with Gasteiger partial charge in [0.25, 0.3) is 0 Å². The van der Waals surface area contributed by atoms with E-state index in [2.05, 4.69) is 37.3 Å². The molecular weight excluding hydrogens is 472 g/mol. The lowest BCUT2D eigenvalue weighted by Gasteiger charge is -2.31. The van der Waals surface area contributed by atoms with Crippen molar-refractivity contribution in [2.24, 2.45) is 5.92 Å². The Morgan fingerprint density at radius 1 is 1.11 bits per heavy atom. The fourth-order valence-corrected chi connectivity index (χ4v) is 5.68. The summed E-state index contributed by atoms with van der Waals surface area (Å²) in [5.74, 6) is 0.800. The highest BCUT2D eigenvalue weighted by Gasteiger charge is 2.30. The van der Waals surface area contributed by atoms with Crippen molar-refractivity contribution in [2.75, 3.05) is 11.9 Å².